The lowest BCUT2D eigenvalue weighted by molar-refractivity contribution is 0.0867. The van der Waals surface area contributed by atoms with Crippen LogP contribution in [0.3, 0.4) is 0 Å². The Labute approximate surface area is 274 Å². The number of benzene rings is 1. The highest BCUT2D eigenvalue weighted by Gasteiger charge is 2.32. The molecular weight excluding hydrogens is 558 g/mol. The SMILES string of the molecule is CCC(C)C1CCC(NC(=O)c2cccc(C(=O)NC3CCC(C(C)CC)CC3)c2C(=O)NC2CCC(C(C)CC)CC2)CC1. The van der Waals surface area contributed by atoms with Gasteiger partial charge in [-0.25, -0.2) is 0 Å². The Morgan fingerprint density at radius 3 is 1.11 bits per heavy atom. The highest BCUT2D eigenvalue weighted by atomic mass is 16.2. The van der Waals surface area contributed by atoms with Gasteiger partial charge >= 0.3 is 0 Å². The third kappa shape index (κ3) is 9.35. The standard InChI is InChI=1S/C39H63N3O3/c1-7-25(4)28-13-19-31(20-14-28)40-37(43)34-11-10-12-35(38(44)41-32-21-15-29(16-22-32)26(5)8-2)36(34)39(45)42-33-23-17-30(18-24-33)27(6)9-3/h10-12,25-33H,7-9,13-24H2,1-6H3,(H,40,43)(H,41,44)(H,42,45). The minimum atomic E-state index is -0.293. The first-order valence-electron chi connectivity index (χ1n) is 18.7. The summed E-state index contributed by atoms with van der Waals surface area (Å²) in [7, 11) is 0. The smallest absolute Gasteiger partial charge is 0.253 e. The van der Waals surface area contributed by atoms with Crippen LogP contribution in [0.1, 0.15) is 169 Å². The molecule has 3 N–H and O–H groups in total. The summed E-state index contributed by atoms with van der Waals surface area (Å²) in [4.78, 5) is 41.7. The fraction of sp³-hybridized carbons (Fsp3) is 0.769. The molecule has 1 aromatic rings. The van der Waals surface area contributed by atoms with Crippen molar-refractivity contribution in [2.24, 2.45) is 35.5 Å². The molecule has 4 rings (SSSR count). The van der Waals surface area contributed by atoms with E-state index in [0.717, 1.165) is 77.0 Å². The largest absolute Gasteiger partial charge is 0.349 e. The van der Waals surface area contributed by atoms with Gasteiger partial charge in [-0.1, -0.05) is 66.9 Å². The molecule has 0 heterocycles. The first-order chi connectivity index (χ1) is 21.6. The zero-order valence-electron chi connectivity index (χ0n) is 29.3. The van der Waals surface area contributed by atoms with Gasteiger partial charge in [-0.05, 0) is 125 Å². The first-order valence-corrected chi connectivity index (χ1v) is 18.7. The van der Waals surface area contributed by atoms with Crippen LogP contribution in [0.2, 0.25) is 0 Å². The zero-order valence-corrected chi connectivity index (χ0v) is 29.3. The van der Waals surface area contributed by atoms with E-state index in [2.05, 4.69) is 57.5 Å². The van der Waals surface area contributed by atoms with E-state index < -0.39 is 0 Å². The number of carbonyl (C=O) groups is 3. The van der Waals surface area contributed by atoms with Gasteiger partial charge < -0.3 is 16.0 Å². The fourth-order valence-electron chi connectivity index (χ4n) is 8.46. The highest BCUT2D eigenvalue weighted by Crippen LogP contribution is 2.34. The second-order valence-electron chi connectivity index (χ2n) is 15.1. The summed E-state index contributed by atoms with van der Waals surface area (Å²) < 4.78 is 0. The molecule has 252 valence electrons. The summed E-state index contributed by atoms with van der Waals surface area (Å²) in [6, 6.07) is 5.48. The zero-order chi connectivity index (χ0) is 32.5. The lowest BCUT2D eigenvalue weighted by Crippen LogP contribution is -2.43. The molecular formula is C39H63N3O3. The van der Waals surface area contributed by atoms with Gasteiger partial charge in [-0.3, -0.25) is 14.4 Å². The molecule has 6 nitrogen and oxygen atoms in total. The predicted octanol–water partition coefficient (Wildman–Crippen LogP) is 8.69. The van der Waals surface area contributed by atoms with E-state index >= 15 is 0 Å². The van der Waals surface area contributed by atoms with E-state index in [-0.39, 0.29) is 41.4 Å². The van der Waals surface area contributed by atoms with Crippen LogP contribution in [-0.2, 0) is 0 Å². The monoisotopic (exact) mass is 621 g/mol. The van der Waals surface area contributed by atoms with E-state index in [1.165, 1.54) is 19.3 Å². The number of carbonyl (C=O) groups excluding carboxylic acids is 3. The Balaban J connectivity index is 1.49. The minimum absolute atomic E-state index is 0.0662. The van der Waals surface area contributed by atoms with E-state index in [4.69, 9.17) is 0 Å². The van der Waals surface area contributed by atoms with Crippen LogP contribution in [0.25, 0.3) is 0 Å². The third-order valence-corrected chi connectivity index (χ3v) is 12.4. The molecule has 0 saturated heterocycles. The van der Waals surface area contributed by atoms with Crippen LogP contribution in [0.15, 0.2) is 18.2 Å². The van der Waals surface area contributed by atoms with Gasteiger partial charge in [0.1, 0.15) is 0 Å². The molecule has 3 fully saturated rings. The van der Waals surface area contributed by atoms with Crippen molar-refractivity contribution in [2.75, 3.05) is 0 Å². The molecule has 0 spiro atoms. The number of hydrogen-bond acceptors (Lipinski definition) is 3. The Hall–Kier alpha value is -2.37. The van der Waals surface area contributed by atoms with Crippen molar-refractivity contribution in [1.82, 2.24) is 16.0 Å². The molecule has 3 saturated carbocycles. The van der Waals surface area contributed by atoms with Gasteiger partial charge in [0.05, 0.1) is 16.7 Å². The molecule has 45 heavy (non-hydrogen) atoms. The molecule has 3 amide bonds. The average molecular weight is 622 g/mol. The van der Waals surface area contributed by atoms with Crippen molar-refractivity contribution < 1.29 is 14.4 Å². The fourth-order valence-corrected chi connectivity index (χ4v) is 8.46. The Morgan fingerprint density at radius 1 is 0.533 bits per heavy atom. The van der Waals surface area contributed by atoms with Crippen LogP contribution < -0.4 is 16.0 Å². The van der Waals surface area contributed by atoms with Crippen LogP contribution in [-0.4, -0.2) is 35.8 Å². The van der Waals surface area contributed by atoms with Crippen molar-refractivity contribution in [2.45, 2.75) is 156 Å². The highest BCUT2D eigenvalue weighted by molar-refractivity contribution is 6.14. The normalized spacial score (nSPS) is 29.2. The predicted molar refractivity (Wildman–Crippen MR) is 184 cm³/mol. The summed E-state index contributed by atoms with van der Waals surface area (Å²) >= 11 is 0. The number of rotatable bonds is 12. The molecule has 0 aliphatic heterocycles. The molecule has 1 aromatic carbocycles. The number of hydrogen-bond donors (Lipinski definition) is 3. The molecule has 6 heteroatoms. The van der Waals surface area contributed by atoms with Gasteiger partial charge in [-0.2, -0.15) is 0 Å². The maximum Gasteiger partial charge on any atom is 0.253 e. The molecule has 0 aromatic heterocycles. The minimum Gasteiger partial charge on any atom is -0.349 e. The summed E-state index contributed by atoms with van der Waals surface area (Å²) in [6.07, 6.45) is 16.0. The molecule has 0 radical (unpaired) electrons. The average Bonchev–Trinajstić information content (AvgIpc) is 3.07. The molecule has 3 aliphatic rings. The van der Waals surface area contributed by atoms with Crippen molar-refractivity contribution in [1.29, 1.82) is 0 Å². The maximum absolute atomic E-state index is 14.1. The van der Waals surface area contributed by atoms with Gasteiger partial charge in [0, 0.05) is 18.1 Å². The van der Waals surface area contributed by atoms with Crippen molar-refractivity contribution in [3.8, 4) is 0 Å². The van der Waals surface area contributed by atoms with Gasteiger partial charge in [0.2, 0.25) is 0 Å². The second-order valence-corrected chi connectivity index (χ2v) is 15.1. The summed E-state index contributed by atoms with van der Waals surface area (Å²) in [5.41, 5.74) is 0.870. The van der Waals surface area contributed by atoms with E-state index in [9.17, 15) is 14.4 Å². The number of nitrogens with one attached hydrogen (secondary N) is 3. The van der Waals surface area contributed by atoms with Gasteiger partial charge in [0.25, 0.3) is 17.7 Å². The van der Waals surface area contributed by atoms with Crippen molar-refractivity contribution >= 4 is 17.7 Å². The van der Waals surface area contributed by atoms with Crippen molar-refractivity contribution in [3.63, 3.8) is 0 Å². The summed E-state index contributed by atoms with van der Waals surface area (Å²) in [5.74, 6) is 3.47. The first kappa shape index (κ1) is 35.5. The van der Waals surface area contributed by atoms with E-state index in [1.807, 2.05) is 0 Å². The maximum atomic E-state index is 14.1. The van der Waals surface area contributed by atoms with Gasteiger partial charge in [-0.15, -0.1) is 0 Å². The van der Waals surface area contributed by atoms with Crippen molar-refractivity contribution in [3.05, 3.63) is 34.9 Å². The van der Waals surface area contributed by atoms with Crippen LogP contribution in [0, 0.1) is 35.5 Å². The van der Waals surface area contributed by atoms with E-state index in [1.54, 1.807) is 18.2 Å². The lowest BCUT2D eigenvalue weighted by atomic mass is 9.78. The molecule has 3 aliphatic carbocycles. The lowest BCUT2D eigenvalue weighted by Gasteiger charge is -2.33. The quantitative estimate of drug-likeness (QED) is 0.218. The molecule has 3 unspecified atom stereocenters. The topological polar surface area (TPSA) is 87.3 Å². The Kier molecular flexibility index (Phi) is 13.4. The Morgan fingerprint density at radius 2 is 0.822 bits per heavy atom. The molecule has 3 atom stereocenters. The van der Waals surface area contributed by atoms with E-state index in [0.29, 0.717) is 46.6 Å². The van der Waals surface area contributed by atoms with Gasteiger partial charge in [0.15, 0.2) is 0 Å². The Bertz CT molecular complexity index is 1050. The number of amides is 3. The second kappa shape index (κ2) is 17.0. The molecule has 0 bridgehead atoms. The van der Waals surface area contributed by atoms with Crippen LogP contribution >= 0.6 is 0 Å². The third-order valence-electron chi connectivity index (χ3n) is 12.4. The van der Waals surface area contributed by atoms with Crippen LogP contribution in [0.5, 0.6) is 0 Å². The summed E-state index contributed by atoms with van der Waals surface area (Å²) in [5, 5.41) is 9.77. The van der Waals surface area contributed by atoms with Crippen LogP contribution in [0.4, 0.5) is 0 Å². The summed E-state index contributed by atoms with van der Waals surface area (Å²) in [6.45, 7) is 13.8.